The topological polar surface area (TPSA) is 76.1 Å². The van der Waals surface area contributed by atoms with Crippen molar-refractivity contribution in [3.05, 3.63) is 70.3 Å². The number of methoxy groups -OCH3 is 1. The molecule has 1 aliphatic heterocycles. The molecule has 0 aliphatic carbocycles. The molecule has 1 aliphatic rings. The maximum Gasteiger partial charge on any atom is 0.295 e. The second-order valence-corrected chi connectivity index (χ2v) is 9.12. The van der Waals surface area contributed by atoms with Crippen molar-refractivity contribution in [2.75, 3.05) is 26.9 Å². The number of aliphatic hydroxyl groups is 1. The van der Waals surface area contributed by atoms with Gasteiger partial charge in [0.05, 0.1) is 18.2 Å². The van der Waals surface area contributed by atoms with Gasteiger partial charge in [-0.1, -0.05) is 45.0 Å². The molecule has 1 fully saturated rings. The van der Waals surface area contributed by atoms with Gasteiger partial charge in [-0.25, -0.2) is 0 Å². The molecule has 0 bridgehead atoms. The molecule has 0 spiro atoms. The van der Waals surface area contributed by atoms with Crippen molar-refractivity contribution in [3.8, 4) is 5.75 Å². The van der Waals surface area contributed by atoms with Crippen molar-refractivity contribution in [2.24, 2.45) is 5.92 Å². The maximum atomic E-state index is 13.2. The van der Waals surface area contributed by atoms with Crippen LogP contribution in [0, 0.1) is 12.8 Å². The second-order valence-electron chi connectivity index (χ2n) is 9.12. The lowest BCUT2D eigenvalue weighted by Gasteiger charge is -2.25. The van der Waals surface area contributed by atoms with E-state index in [-0.39, 0.29) is 11.3 Å². The van der Waals surface area contributed by atoms with Gasteiger partial charge in [0.25, 0.3) is 11.7 Å². The second kappa shape index (κ2) is 11.3. The van der Waals surface area contributed by atoms with Crippen LogP contribution in [-0.4, -0.2) is 48.6 Å². The summed E-state index contributed by atoms with van der Waals surface area (Å²) in [4.78, 5) is 27.7. The molecule has 0 aromatic heterocycles. The first-order valence-corrected chi connectivity index (χ1v) is 11.9. The molecule has 34 heavy (non-hydrogen) atoms. The summed E-state index contributed by atoms with van der Waals surface area (Å²) in [6.07, 6.45) is 1.48. The van der Waals surface area contributed by atoms with E-state index in [0.29, 0.717) is 43.4 Å². The van der Waals surface area contributed by atoms with E-state index in [4.69, 9.17) is 9.47 Å². The smallest absolute Gasteiger partial charge is 0.295 e. The number of amides is 1. The van der Waals surface area contributed by atoms with Crippen molar-refractivity contribution < 1.29 is 24.2 Å². The van der Waals surface area contributed by atoms with Gasteiger partial charge in [0.15, 0.2) is 0 Å². The number of carbonyl (C=O) groups is 2. The van der Waals surface area contributed by atoms with Gasteiger partial charge in [0.2, 0.25) is 0 Å². The Balaban J connectivity index is 2.06. The fourth-order valence-electron chi connectivity index (χ4n) is 4.17. The van der Waals surface area contributed by atoms with E-state index < -0.39 is 17.7 Å². The zero-order chi connectivity index (χ0) is 24.8. The number of benzene rings is 2. The number of rotatable bonds is 10. The molecule has 1 heterocycles. The highest BCUT2D eigenvalue weighted by molar-refractivity contribution is 6.46. The van der Waals surface area contributed by atoms with E-state index in [2.05, 4.69) is 20.8 Å². The molecule has 2 aromatic carbocycles. The van der Waals surface area contributed by atoms with Crippen LogP contribution in [-0.2, 0) is 20.7 Å². The molecule has 1 N–H and O–H groups in total. The molecule has 2 aromatic rings. The summed E-state index contributed by atoms with van der Waals surface area (Å²) in [5.41, 5.74) is 3.36. The summed E-state index contributed by atoms with van der Waals surface area (Å²) < 4.78 is 10.9. The van der Waals surface area contributed by atoms with Crippen LogP contribution in [0.3, 0.4) is 0 Å². The Hall–Kier alpha value is -3.12. The Labute approximate surface area is 202 Å². The standard InChI is InChI=1S/C28H35NO5/c1-6-20-8-10-21(11-9-20)25-24(27(31)28(32)29(25)14-7-15-33-5)26(30)23-13-12-22(16-19(23)4)34-17-18(2)3/h8-13,16,18,25,30H,6-7,14-15,17H2,1-5H3. The lowest BCUT2D eigenvalue weighted by molar-refractivity contribution is -0.140. The van der Waals surface area contributed by atoms with Crippen LogP contribution in [0.15, 0.2) is 48.0 Å². The largest absolute Gasteiger partial charge is 0.507 e. The molecule has 1 amide bonds. The molecule has 0 radical (unpaired) electrons. The number of aliphatic hydroxyl groups excluding tert-OH is 1. The highest BCUT2D eigenvalue weighted by atomic mass is 16.5. The highest BCUT2D eigenvalue weighted by Gasteiger charge is 2.45. The number of Topliss-reactive ketones (excluding diaryl/α,β-unsaturated/α-hetero) is 1. The van der Waals surface area contributed by atoms with Crippen molar-refractivity contribution in [1.29, 1.82) is 0 Å². The molecule has 6 heteroatoms. The van der Waals surface area contributed by atoms with Crippen molar-refractivity contribution in [3.63, 3.8) is 0 Å². The zero-order valence-corrected chi connectivity index (χ0v) is 20.8. The third-order valence-corrected chi connectivity index (χ3v) is 6.03. The van der Waals surface area contributed by atoms with E-state index in [1.54, 1.807) is 24.1 Å². The molecule has 1 atom stereocenters. The molecule has 0 saturated carbocycles. The fourth-order valence-corrected chi connectivity index (χ4v) is 4.17. The summed E-state index contributed by atoms with van der Waals surface area (Å²) in [5.74, 6) is -0.336. The minimum absolute atomic E-state index is 0.116. The lowest BCUT2D eigenvalue weighted by atomic mass is 9.93. The highest BCUT2D eigenvalue weighted by Crippen LogP contribution is 2.40. The Morgan fingerprint density at radius 1 is 1.12 bits per heavy atom. The summed E-state index contributed by atoms with van der Waals surface area (Å²) in [6.45, 7) is 9.50. The predicted octanol–water partition coefficient (Wildman–Crippen LogP) is 5.05. The third-order valence-electron chi connectivity index (χ3n) is 6.03. The number of hydrogen-bond acceptors (Lipinski definition) is 5. The van der Waals surface area contributed by atoms with Gasteiger partial charge in [-0.2, -0.15) is 0 Å². The van der Waals surface area contributed by atoms with Crippen LogP contribution in [0.1, 0.15) is 55.5 Å². The number of ether oxygens (including phenoxy) is 2. The van der Waals surface area contributed by atoms with E-state index in [0.717, 1.165) is 23.1 Å². The van der Waals surface area contributed by atoms with Crippen molar-refractivity contribution >= 4 is 17.4 Å². The van der Waals surface area contributed by atoms with E-state index in [1.165, 1.54) is 0 Å². The first-order chi connectivity index (χ1) is 16.3. The average Bonchev–Trinajstić information content (AvgIpc) is 3.07. The molecule has 182 valence electrons. The normalized spacial score (nSPS) is 17.6. The maximum absolute atomic E-state index is 13.2. The van der Waals surface area contributed by atoms with Gasteiger partial charge in [-0.05, 0) is 60.6 Å². The SMILES string of the molecule is CCc1ccc(C2C(=C(O)c3ccc(OCC(C)C)cc3C)C(=O)C(=O)N2CCCOC)cc1. The Kier molecular flexibility index (Phi) is 8.51. The summed E-state index contributed by atoms with van der Waals surface area (Å²) in [5, 5.41) is 11.3. The van der Waals surface area contributed by atoms with Crippen LogP contribution in [0.5, 0.6) is 5.75 Å². The summed E-state index contributed by atoms with van der Waals surface area (Å²) in [6, 6.07) is 12.6. The van der Waals surface area contributed by atoms with Crippen LogP contribution in [0.2, 0.25) is 0 Å². The van der Waals surface area contributed by atoms with Gasteiger partial charge in [-0.3, -0.25) is 9.59 Å². The van der Waals surface area contributed by atoms with Gasteiger partial charge in [-0.15, -0.1) is 0 Å². The van der Waals surface area contributed by atoms with Gasteiger partial charge in [0, 0.05) is 25.8 Å². The van der Waals surface area contributed by atoms with Crippen LogP contribution >= 0.6 is 0 Å². The molecule has 6 nitrogen and oxygen atoms in total. The minimum atomic E-state index is -0.668. The number of nitrogens with zero attached hydrogens (tertiary/aromatic N) is 1. The van der Waals surface area contributed by atoms with E-state index >= 15 is 0 Å². The number of ketones is 1. The monoisotopic (exact) mass is 465 g/mol. The van der Waals surface area contributed by atoms with E-state index in [1.807, 2.05) is 37.3 Å². The number of aryl methyl sites for hydroxylation is 2. The van der Waals surface area contributed by atoms with Gasteiger partial charge >= 0.3 is 0 Å². The predicted molar refractivity (Wildman–Crippen MR) is 133 cm³/mol. The van der Waals surface area contributed by atoms with Crippen LogP contribution < -0.4 is 4.74 Å². The lowest BCUT2D eigenvalue weighted by Crippen LogP contribution is -2.31. The fraction of sp³-hybridized carbons (Fsp3) is 0.429. The van der Waals surface area contributed by atoms with Gasteiger partial charge < -0.3 is 19.5 Å². The minimum Gasteiger partial charge on any atom is -0.507 e. The third kappa shape index (κ3) is 5.50. The van der Waals surface area contributed by atoms with Crippen molar-refractivity contribution in [1.82, 2.24) is 4.90 Å². The number of hydrogen-bond donors (Lipinski definition) is 1. The Morgan fingerprint density at radius 3 is 2.41 bits per heavy atom. The van der Waals surface area contributed by atoms with Crippen LogP contribution in [0.25, 0.3) is 5.76 Å². The molecule has 1 saturated heterocycles. The zero-order valence-electron chi connectivity index (χ0n) is 20.8. The summed E-state index contributed by atoms with van der Waals surface area (Å²) in [7, 11) is 1.60. The summed E-state index contributed by atoms with van der Waals surface area (Å²) >= 11 is 0. The Bertz CT molecular complexity index is 1050. The molecule has 3 rings (SSSR count). The first-order valence-electron chi connectivity index (χ1n) is 11.9. The molecular weight excluding hydrogens is 430 g/mol. The Morgan fingerprint density at radius 2 is 1.82 bits per heavy atom. The first kappa shape index (κ1) is 25.5. The van der Waals surface area contributed by atoms with Crippen LogP contribution in [0.4, 0.5) is 0 Å². The van der Waals surface area contributed by atoms with E-state index in [9.17, 15) is 14.7 Å². The number of carbonyl (C=O) groups excluding carboxylic acids is 2. The van der Waals surface area contributed by atoms with Gasteiger partial charge in [0.1, 0.15) is 11.5 Å². The van der Waals surface area contributed by atoms with Crippen molar-refractivity contribution in [2.45, 2.75) is 46.6 Å². The average molecular weight is 466 g/mol. The molecular formula is C28H35NO5. The number of likely N-dealkylation sites (tertiary alicyclic amines) is 1. The molecule has 1 unspecified atom stereocenters. The quantitative estimate of drug-likeness (QED) is 0.230.